The molecule has 1 aromatic rings. The first-order valence-electron chi connectivity index (χ1n) is 4.20. The van der Waals surface area contributed by atoms with Gasteiger partial charge in [0.25, 0.3) is 0 Å². The van der Waals surface area contributed by atoms with Gasteiger partial charge in [0.2, 0.25) is 0 Å². The highest BCUT2D eigenvalue weighted by Crippen LogP contribution is 2.11. The summed E-state index contributed by atoms with van der Waals surface area (Å²) in [5.74, 6) is -0.257. The van der Waals surface area contributed by atoms with E-state index < -0.39 is 5.97 Å². The van der Waals surface area contributed by atoms with E-state index >= 15 is 0 Å². The minimum absolute atomic E-state index is 0.266. The molecule has 0 fully saturated rings. The van der Waals surface area contributed by atoms with E-state index in [9.17, 15) is 4.79 Å². The molecule has 0 heterocycles. The normalized spacial score (nSPS) is 10.2. The van der Waals surface area contributed by atoms with Gasteiger partial charge in [-0.05, 0) is 38.4 Å². The van der Waals surface area contributed by atoms with E-state index in [2.05, 4.69) is 0 Å². The Morgan fingerprint density at radius 1 is 1.36 bits per heavy atom. The van der Waals surface area contributed by atoms with E-state index in [1.165, 1.54) is 12.1 Å². The second-order valence-corrected chi connectivity index (χ2v) is 3.18. The second kappa shape index (κ2) is 4.62. The van der Waals surface area contributed by atoms with Gasteiger partial charge in [0, 0.05) is 0 Å². The minimum atomic E-state index is -0.927. The van der Waals surface area contributed by atoms with Crippen molar-refractivity contribution in [3.8, 4) is 5.75 Å². The van der Waals surface area contributed by atoms with Gasteiger partial charge >= 0.3 is 5.97 Å². The molecule has 0 atom stereocenters. The van der Waals surface area contributed by atoms with E-state index in [4.69, 9.17) is 9.84 Å². The third-order valence-corrected chi connectivity index (χ3v) is 1.59. The fourth-order valence-corrected chi connectivity index (χ4v) is 0.897. The molecule has 0 aromatic heterocycles. The fourth-order valence-electron chi connectivity index (χ4n) is 0.897. The molecule has 4 nitrogen and oxygen atoms in total. The summed E-state index contributed by atoms with van der Waals surface area (Å²) >= 11 is 0. The van der Waals surface area contributed by atoms with Crippen molar-refractivity contribution in [1.29, 1.82) is 0 Å². The zero-order chi connectivity index (χ0) is 10.6. The van der Waals surface area contributed by atoms with Crippen LogP contribution in [-0.4, -0.2) is 36.8 Å². The van der Waals surface area contributed by atoms with Crippen molar-refractivity contribution in [3.63, 3.8) is 0 Å². The van der Waals surface area contributed by atoms with Crippen LogP contribution in [0.5, 0.6) is 5.75 Å². The highest BCUT2D eigenvalue weighted by molar-refractivity contribution is 5.87. The average Bonchev–Trinajstić information content (AvgIpc) is 2.15. The smallest absolute Gasteiger partial charge is 0.335 e. The highest BCUT2D eigenvalue weighted by atomic mass is 16.5. The van der Waals surface area contributed by atoms with Crippen LogP contribution < -0.4 is 4.74 Å². The van der Waals surface area contributed by atoms with Gasteiger partial charge in [-0.2, -0.15) is 0 Å². The monoisotopic (exact) mass is 195 g/mol. The Kier molecular flexibility index (Phi) is 3.48. The molecular formula is C10H13NO3. The van der Waals surface area contributed by atoms with Gasteiger partial charge < -0.3 is 9.84 Å². The molecule has 0 saturated heterocycles. The van der Waals surface area contributed by atoms with E-state index in [0.717, 1.165) is 0 Å². The first kappa shape index (κ1) is 10.5. The van der Waals surface area contributed by atoms with Crippen molar-refractivity contribution in [2.24, 2.45) is 0 Å². The number of nitrogens with zero attached hydrogens (tertiary/aromatic N) is 1. The topological polar surface area (TPSA) is 49.8 Å². The molecule has 0 aliphatic heterocycles. The summed E-state index contributed by atoms with van der Waals surface area (Å²) < 4.78 is 5.34. The highest BCUT2D eigenvalue weighted by Gasteiger charge is 2.01. The van der Waals surface area contributed by atoms with E-state index in [-0.39, 0.29) is 5.56 Å². The van der Waals surface area contributed by atoms with Crippen LogP contribution in [0.3, 0.4) is 0 Å². The summed E-state index contributed by atoms with van der Waals surface area (Å²) in [5.41, 5.74) is 0.266. The van der Waals surface area contributed by atoms with Crippen molar-refractivity contribution in [1.82, 2.24) is 4.90 Å². The van der Waals surface area contributed by atoms with Crippen molar-refractivity contribution >= 4 is 5.97 Å². The predicted molar refractivity (Wildman–Crippen MR) is 52.6 cm³/mol. The maximum absolute atomic E-state index is 10.5. The summed E-state index contributed by atoms with van der Waals surface area (Å²) in [4.78, 5) is 12.4. The zero-order valence-corrected chi connectivity index (χ0v) is 8.23. The maximum atomic E-state index is 10.5. The van der Waals surface area contributed by atoms with Gasteiger partial charge in [0.05, 0.1) is 5.56 Å². The van der Waals surface area contributed by atoms with Crippen LogP contribution in [0.2, 0.25) is 0 Å². The van der Waals surface area contributed by atoms with Gasteiger partial charge in [0.1, 0.15) is 12.5 Å². The van der Waals surface area contributed by atoms with Crippen LogP contribution in [0, 0.1) is 0 Å². The third-order valence-electron chi connectivity index (χ3n) is 1.59. The predicted octanol–water partition coefficient (Wildman–Crippen LogP) is 1.28. The molecule has 1 N–H and O–H groups in total. The Balaban J connectivity index is 2.60. The molecule has 0 bridgehead atoms. The largest absolute Gasteiger partial charge is 0.478 e. The zero-order valence-electron chi connectivity index (χ0n) is 8.23. The van der Waals surface area contributed by atoms with E-state index in [1.54, 1.807) is 12.1 Å². The Bertz CT molecular complexity index is 306. The number of benzene rings is 1. The lowest BCUT2D eigenvalue weighted by molar-refractivity contribution is 0.0697. The number of carbonyl (C=O) groups is 1. The number of hydrogen-bond acceptors (Lipinski definition) is 3. The molecular weight excluding hydrogens is 182 g/mol. The average molecular weight is 195 g/mol. The Morgan fingerprint density at radius 3 is 2.36 bits per heavy atom. The molecule has 0 spiro atoms. The fraction of sp³-hybridized carbons (Fsp3) is 0.300. The van der Waals surface area contributed by atoms with Crippen LogP contribution in [-0.2, 0) is 0 Å². The minimum Gasteiger partial charge on any atom is -0.478 e. The van der Waals surface area contributed by atoms with E-state index in [0.29, 0.717) is 12.5 Å². The first-order chi connectivity index (χ1) is 6.59. The summed E-state index contributed by atoms with van der Waals surface area (Å²) in [6, 6.07) is 6.33. The second-order valence-electron chi connectivity index (χ2n) is 3.18. The number of ether oxygens (including phenoxy) is 1. The maximum Gasteiger partial charge on any atom is 0.335 e. The van der Waals surface area contributed by atoms with Crippen LogP contribution in [0.25, 0.3) is 0 Å². The van der Waals surface area contributed by atoms with Crippen LogP contribution in [0.15, 0.2) is 24.3 Å². The molecule has 0 amide bonds. The molecule has 1 aromatic carbocycles. The lowest BCUT2D eigenvalue weighted by Crippen LogP contribution is -2.18. The third kappa shape index (κ3) is 3.06. The summed E-state index contributed by atoms with van der Waals surface area (Å²) in [6.07, 6.45) is 0. The lowest BCUT2D eigenvalue weighted by Gasteiger charge is -2.11. The Hall–Kier alpha value is -1.55. The summed E-state index contributed by atoms with van der Waals surface area (Å²) in [6.45, 7) is 0.479. The molecule has 0 radical (unpaired) electrons. The number of hydrogen-bond donors (Lipinski definition) is 1. The summed E-state index contributed by atoms with van der Waals surface area (Å²) in [7, 11) is 3.79. The molecule has 14 heavy (non-hydrogen) atoms. The van der Waals surface area contributed by atoms with Crippen molar-refractivity contribution in [3.05, 3.63) is 29.8 Å². The molecule has 0 aliphatic rings. The van der Waals surface area contributed by atoms with Crippen molar-refractivity contribution in [2.45, 2.75) is 0 Å². The van der Waals surface area contributed by atoms with Gasteiger partial charge in [-0.25, -0.2) is 4.79 Å². The quantitative estimate of drug-likeness (QED) is 0.735. The van der Waals surface area contributed by atoms with E-state index in [1.807, 2.05) is 19.0 Å². The number of rotatable bonds is 4. The van der Waals surface area contributed by atoms with Gasteiger partial charge in [-0.15, -0.1) is 0 Å². The van der Waals surface area contributed by atoms with Gasteiger partial charge in [0.15, 0.2) is 0 Å². The number of carboxylic acids is 1. The van der Waals surface area contributed by atoms with Crippen molar-refractivity contribution < 1.29 is 14.6 Å². The lowest BCUT2D eigenvalue weighted by atomic mass is 10.2. The van der Waals surface area contributed by atoms with Crippen LogP contribution in [0.1, 0.15) is 10.4 Å². The van der Waals surface area contributed by atoms with Crippen LogP contribution >= 0.6 is 0 Å². The molecule has 4 heteroatoms. The van der Waals surface area contributed by atoms with Gasteiger partial charge in [-0.3, -0.25) is 4.90 Å². The SMILES string of the molecule is CN(C)COc1ccc(C(=O)O)cc1. The van der Waals surface area contributed by atoms with Gasteiger partial charge in [-0.1, -0.05) is 0 Å². The molecule has 0 saturated carbocycles. The standard InChI is InChI=1S/C10H13NO3/c1-11(2)7-14-9-5-3-8(4-6-9)10(12)13/h3-6H,7H2,1-2H3,(H,12,13). The molecule has 1 rings (SSSR count). The number of carboxylic acid groups (broad SMARTS) is 1. The Labute approximate surface area is 82.7 Å². The molecule has 0 aliphatic carbocycles. The molecule has 76 valence electrons. The van der Waals surface area contributed by atoms with Crippen molar-refractivity contribution in [2.75, 3.05) is 20.8 Å². The molecule has 0 unspecified atom stereocenters. The number of aromatic carboxylic acids is 1. The first-order valence-corrected chi connectivity index (χ1v) is 4.20. The summed E-state index contributed by atoms with van der Waals surface area (Å²) in [5, 5.41) is 8.64. The van der Waals surface area contributed by atoms with Crippen LogP contribution in [0.4, 0.5) is 0 Å². The Morgan fingerprint density at radius 2 is 1.93 bits per heavy atom.